The van der Waals surface area contributed by atoms with Gasteiger partial charge in [-0.2, -0.15) is 0 Å². The Kier molecular flexibility index (Phi) is 4.84. The molecule has 0 aromatic carbocycles. The van der Waals surface area contributed by atoms with Crippen LogP contribution >= 0.6 is 11.3 Å². The molecule has 0 bridgehead atoms. The van der Waals surface area contributed by atoms with E-state index in [0.717, 1.165) is 50.0 Å². The van der Waals surface area contributed by atoms with Gasteiger partial charge in [0.05, 0.1) is 12.2 Å². The average molecular weight is 336 g/mol. The normalized spacial score (nSPS) is 18.1. The van der Waals surface area contributed by atoms with Crippen molar-refractivity contribution in [2.45, 2.75) is 39.7 Å². The summed E-state index contributed by atoms with van der Waals surface area (Å²) in [7, 11) is 0. The van der Waals surface area contributed by atoms with Crippen molar-refractivity contribution in [1.82, 2.24) is 14.8 Å². The van der Waals surface area contributed by atoms with Crippen LogP contribution in [0, 0.1) is 0 Å². The molecule has 0 unspecified atom stereocenters. The molecule has 0 radical (unpaired) electrons. The molecule has 0 atom stereocenters. The number of nitrogens with zero attached hydrogens (tertiary/aromatic N) is 4. The summed E-state index contributed by atoms with van der Waals surface area (Å²) in [6, 6.07) is 0. The van der Waals surface area contributed by atoms with Gasteiger partial charge in [-0.1, -0.05) is 25.2 Å². The zero-order valence-corrected chi connectivity index (χ0v) is 14.7. The highest BCUT2D eigenvalue weighted by molar-refractivity contribution is 7.15. The second-order valence-corrected chi connectivity index (χ2v) is 7.07. The Morgan fingerprint density at radius 1 is 1.00 bits per heavy atom. The number of carbonyl (C=O) groups is 2. The minimum absolute atomic E-state index is 0.220. The molecule has 1 saturated heterocycles. The van der Waals surface area contributed by atoms with Gasteiger partial charge in [0.25, 0.3) is 0 Å². The highest BCUT2D eigenvalue weighted by atomic mass is 32.1. The maximum Gasteiger partial charge on any atom is 0.222 e. The quantitative estimate of drug-likeness (QED) is 0.839. The van der Waals surface area contributed by atoms with Gasteiger partial charge in [0.2, 0.25) is 11.8 Å². The third-order valence-electron chi connectivity index (χ3n) is 4.58. The standard InChI is InChI=1S/C16H24N4O2S/c1-3-14(21)18-7-9-19(10-8-18)16-17-12-5-6-20(15(22)4-2)11-13(12)23-16/h3-11H2,1-2H3. The molecular formula is C16H24N4O2S. The summed E-state index contributed by atoms with van der Waals surface area (Å²) in [5.74, 6) is 0.453. The number of rotatable bonds is 3. The molecule has 1 aromatic heterocycles. The van der Waals surface area contributed by atoms with Crippen molar-refractivity contribution < 1.29 is 9.59 Å². The molecule has 126 valence electrons. The lowest BCUT2D eigenvalue weighted by molar-refractivity contribution is -0.132. The van der Waals surface area contributed by atoms with E-state index in [4.69, 9.17) is 4.98 Å². The SMILES string of the molecule is CCC(=O)N1CCN(c2nc3c(s2)CN(C(=O)CC)CC3)CC1. The van der Waals surface area contributed by atoms with E-state index in [1.54, 1.807) is 11.3 Å². The molecule has 0 saturated carbocycles. The number of carbonyl (C=O) groups excluding carboxylic acids is 2. The largest absolute Gasteiger partial charge is 0.345 e. The van der Waals surface area contributed by atoms with E-state index in [-0.39, 0.29) is 11.8 Å². The molecule has 0 aliphatic carbocycles. The van der Waals surface area contributed by atoms with E-state index in [0.29, 0.717) is 19.4 Å². The van der Waals surface area contributed by atoms with E-state index in [9.17, 15) is 9.59 Å². The third-order valence-corrected chi connectivity index (χ3v) is 5.72. The van der Waals surface area contributed by atoms with Crippen molar-refractivity contribution in [3.05, 3.63) is 10.6 Å². The molecule has 6 nitrogen and oxygen atoms in total. The summed E-state index contributed by atoms with van der Waals surface area (Å²) in [5, 5.41) is 1.05. The van der Waals surface area contributed by atoms with Crippen molar-refractivity contribution in [3.8, 4) is 0 Å². The fraction of sp³-hybridized carbons (Fsp3) is 0.688. The van der Waals surface area contributed by atoms with Crippen molar-refractivity contribution in [2.75, 3.05) is 37.6 Å². The summed E-state index contributed by atoms with van der Waals surface area (Å²) < 4.78 is 0. The summed E-state index contributed by atoms with van der Waals surface area (Å²) in [4.78, 5) is 35.8. The second-order valence-electron chi connectivity index (χ2n) is 6.01. The maximum atomic E-state index is 11.9. The van der Waals surface area contributed by atoms with Gasteiger partial charge in [0.15, 0.2) is 5.13 Å². The lowest BCUT2D eigenvalue weighted by atomic mass is 10.1. The predicted octanol–water partition coefficient (Wildman–Crippen LogP) is 1.50. The van der Waals surface area contributed by atoms with E-state index in [1.165, 1.54) is 4.88 Å². The number of fused-ring (bicyclic) bond motifs is 1. The van der Waals surface area contributed by atoms with E-state index >= 15 is 0 Å². The van der Waals surface area contributed by atoms with Crippen LogP contribution in [0.1, 0.15) is 37.3 Å². The lowest BCUT2D eigenvalue weighted by Gasteiger charge is -2.34. The van der Waals surface area contributed by atoms with Crippen LogP contribution in [0.25, 0.3) is 0 Å². The number of hydrogen-bond acceptors (Lipinski definition) is 5. The molecule has 0 N–H and O–H groups in total. The van der Waals surface area contributed by atoms with E-state index in [2.05, 4.69) is 4.90 Å². The molecule has 7 heteroatoms. The topological polar surface area (TPSA) is 56.8 Å². The summed E-state index contributed by atoms with van der Waals surface area (Å²) in [6.45, 7) is 8.54. The first-order chi connectivity index (χ1) is 11.1. The van der Waals surface area contributed by atoms with Crippen LogP contribution in [0.2, 0.25) is 0 Å². The number of anilines is 1. The van der Waals surface area contributed by atoms with Crippen LogP contribution in [-0.2, 0) is 22.6 Å². The second kappa shape index (κ2) is 6.86. The minimum atomic E-state index is 0.220. The third kappa shape index (κ3) is 3.34. The first-order valence-corrected chi connectivity index (χ1v) is 9.23. The fourth-order valence-electron chi connectivity index (χ4n) is 3.12. The van der Waals surface area contributed by atoms with Gasteiger partial charge in [-0.25, -0.2) is 4.98 Å². The Morgan fingerprint density at radius 3 is 2.30 bits per heavy atom. The molecule has 1 fully saturated rings. The van der Waals surface area contributed by atoms with Gasteiger partial charge in [-0.3, -0.25) is 9.59 Å². The molecule has 3 rings (SSSR count). The number of piperazine rings is 1. The van der Waals surface area contributed by atoms with Gasteiger partial charge in [-0.15, -0.1) is 0 Å². The van der Waals surface area contributed by atoms with Crippen LogP contribution in [0.4, 0.5) is 5.13 Å². The first-order valence-electron chi connectivity index (χ1n) is 8.41. The minimum Gasteiger partial charge on any atom is -0.345 e. The zero-order valence-electron chi connectivity index (χ0n) is 13.9. The van der Waals surface area contributed by atoms with Crippen LogP contribution in [-0.4, -0.2) is 59.3 Å². The van der Waals surface area contributed by atoms with E-state index < -0.39 is 0 Å². The monoisotopic (exact) mass is 336 g/mol. The lowest BCUT2D eigenvalue weighted by Crippen LogP contribution is -2.48. The van der Waals surface area contributed by atoms with Crippen molar-refractivity contribution in [2.24, 2.45) is 0 Å². The van der Waals surface area contributed by atoms with Gasteiger partial charge < -0.3 is 14.7 Å². The van der Waals surface area contributed by atoms with Crippen LogP contribution in [0.3, 0.4) is 0 Å². The molecule has 2 amide bonds. The van der Waals surface area contributed by atoms with Gasteiger partial charge in [0, 0.05) is 56.9 Å². The molecule has 2 aliphatic heterocycles. The Hall–Kier alpha value is -1.63. The molecule has 3 heterocycles. The Bertz CT molecular complexity index is 593. The Labute approximate surface area is 141 Å². The first kappa shape index (κ1) is 16.2. The Morgan fingerprint density at radius 2 is 1.65 bits per heavy atom. The molecule has 2 aliphatic rings. The van der Waals surface area contributed by atoms with Crippen LogP contribution < -0.4 is 4.90 Å². The predicted molar refractivity (Wildman–Crippen MR) is 90.6 cm³/mol. The van der Waals surface area contributed by atoms with Gasteiger partial charge in [-0.05, 0) is 0 Å². The highest BCUT2D eigenvalue weighted by Crippen LogP contribution is 2.31. The molecule has 1 aromatic rings. The summed E-state index contributed by atoms with van der Waals surface area (Å²) in [5.41, 5.74) is 1.15. The van der Waals surface area contributed by atoms with Crippen LogP contribution in [0.15, 0.2) is 0 Å². The number of amides is 2. The number of aromatic nitrogens is 1. The number of thiazole rings is 1. The molecule has 0 spiro atoms. The van der Waals surface area contributed by atoms with Crippen molar-refractivity contribution >= 4 is 28.3 Å². The molecular weight excluding hydrogens is 312 g/mol. The van der Waals surface area contributed by atoms with Crippen molar-refractivity contribution in [1.29, 1.82) is 0 Å². The maximum absolute atomic E-state index is 11.9. The highest BCUT2D eigenvalue weighted by Gasteiger charge is 2.27. The van der Waals surface area contributed by atoms with Crippen LogP contribution in [0.5, 0.6) is 0 Å². The average Bonchev–Trinajstić information content (AvgIpc) is 3.03. The fourth-order valence-corrected chi connectivity index (χ4v) is 4.30. The van der Waals surface area contributed by atoms with Crippen molar-refractivity contribution in [3.63, 3.8) is 0 Å². The zero-order chi connectivity index (χ0) is 16.4. The summed E-state index contributed by atoms with van der Waals surface area (Å²) in [6.07, 6.45) is 1.99. The van der Waals surface area contributed by atoms with Gasteiger partial charge in [0.1, 0.15) is 0 Å². The smallest absolute Gasteiger partial charge is 0.222 e. The van der Waals surface area contributed by atoms with E-state index in [1.807, 2.05) is 23.6 Å². The summed E-state index contributed by atoms with van der Waals surface area (Å²) >= 11 is 1.71. The molecule has 23 heavy (non-hydrogen) atoms. The number of hydrogen-bond donors (Lipinski definition) is 0. The van der Waals surface area contributed by atoms with Gasteiger partial charge >= 0.3 is 0 Å². The Balaban J connectivity index is 1.64.